The quantitative estimate of drug-likeness (QED) is 0.140. The van der Waals surface area contributed by atoms with Crippen LogP contribution in [0.4, 0.5) is 26.3 Å². The summed E-state index contributed by atoms with van der Waals surface area (Å²) in [6.07, 6.45) is -10.3. The average molecular weight is 1080 g/mol. The van der Waals surface area contributed by atoms with Gasteiger partial charge in [0.2, 0.25) is 0 Å². The van der Waals surface area contributed by atoms with Crippen LogP contribution in [0.15, 0.2) is 224 Å². The fraction of sp³-hybridized carbons (Fsp3) is 0.0822. The molecule has 0 aliphatic carbocycles. The molecule has 0 saturated carbocycles. The van der Waals surface area contributed by atoms with Crippen LogP contribution in [0.2, 0.25) is 0 Å². The van der Waals surface area contributed by atoms with Crippen LogP contribution in [0.25, 0.3) is 122 Å². The predicted octanol–water partition coefficient (Wildman–Crippen LogP) is 21.0. The highest BCUT2D eigenvalue weighted by atomic mass is 19.4. The third-order valence-corrected chi connectivity index (χ3v) is 15.8. The molecule has 398 valence electrons. The summed E-state index contributed by atoms with van der Waals surface area (Å²) in [6, 6.07) is 72.0. The molecule has 0 aliphatic rings. The Balaban J connectivity index is 1.16. The Morgan fingerprint density at radius 1 is 0.317 bits per heavy atom. The third-order valence-electron chi connectivity index (χ3n) is 15.8. The zero-order chi connectivity index (χ0) is 56.8. The van der Waals surface area contributed by atoms with Crippen molar-refractivity contribution in [3.05, 3.63) is 263 Å². The van der Waals surface area contributed by atoms with E-state index in [4.69, 9.17) is 0 Å². The SMILES string of the molecule is Cc1cccc(-c2ccc3c(c2)c2cc(-c4cccc(C)c4)ccc2n3-c2ccc(-c3c(C(F)(F)F)cccc3C(F)(F)F)cc2-c2c(C#N)cccc2-n2c3ccc(-c4cccc(C)c4)cc3c3cc(-c4cccc(C)c4)ccc32)c1. The summed E-state index contributed by atoms with van der Waals surface area (Å²) in [6.45, 7) is 8.17. The van der Waals surface area contributed by atoms with Crippen LogP contribution in [0.3, 0.4) is 0 Å². The molecule has 3 nitrogen and oxygen atoms in total. The van der Waals surface area contributed by atoms with Gasteiger partial charge in [-0.2, -0.15) is 31.6 Å². The second-order valence-corrected chi connectivity index (χ2v) is 21.3. The van der Waals surface area contributed by atoms with E-state index in [0.717, 1.165) is 116 Å². The second-order valence-electron chi connectivity index (χ2n) is 21.3. The van der Waals surface area contributed by atoms with Crippen LogP contribution in [0, 0.1) is 39.0 Å². The highest BCUT2D eigenvalue weighted by Crippen LogP contribution is 2.49. The first-order valence-electron chi connectivity index (χ1n) is 26.9. The monoisotopic (exact) mass is 1080 g/mol. The number of hydrogen-bond acceptors (Lipinski definition) is 1. The maximum atomic E-state index is 15.3. The van der Waals surface area contributed by atoms with Gasteiger partial charge in [-0.15, -0.1) is 0 Å². The summed E-state index contributed by atoms with van der Waals surface area (Å²) in [5, 5.41) is 14.9. The number of hydrogen-bond donors (Lipinski definition) is 0. The fourth-order valence-corrected chi connectivity index (χ4v) is 12.1. The lowest BCUT2D eigenvalue weighted by molar-refractivity contribution is -0.142. The van der Waals surface area contributed by atoms with Crippen molar-refractivity contribution in [1.82, 2.24) is 9.13 Å². The maximum Gasteiger partial charge on any atom is 0.417 e. The van der Waals surface area contributed by atoms with Crippen molar-refractivity contribution in [3.8, 4) is 84.2 Å². The Morgan fingerprint density at radius 3 is 1.00 bits per heavy atom. The Labute approximate surface area is 469 Å². The number of alkyl halides is 6. The van der Waals surface area contributed by atoms with Crippen molar-refractivity contribution in [3.63, 3.8) is 0 Å². The largest absolute Gasteiger partial charge is 0.417 e. The first-order valence-corrected chi connectivity index (χ1v) is 26.9. The van der Waals surface area contributed by atoms with Gasteiger partial charge >= 0.3 is 12.4 Å². The molecule has 0 aliphatic heterocycles. The number of nitriles is 1. The lowest BCUT2D eigenvalue weighted by atomic mass is 9.89. The van der Waals surface area contributed by atoms with Crippen LogP contribution in [-0.2, 0) is 12.4 Å². The molecule has 82 heavy (non-hydrogen) atoms. The summed E-state index contributed by atoms with van der Waals surface area (Å²) < 4.78 is 95.8. The van der Waals surface area contributed by atoms with Gasteiger partial charge in [0, 0.05) is 38.2 Å². The van der Waals surface area contributed by atoms with Gasteiger partial charge in [-0.25, -0.2) is 0 Å². The van der Waals surface area contributed by atoms with E-state index in [1.807, 2.05) is 123 Å². The highest BCUT2D eigenvalue weighted by molar-refractivity contribution is 6.14. The van der Waals surface area contributed by atoms with Crippen molar-refractivity contribution in [1.29, 1.82) is 5.26 Å². The molecule has 0 spiro atoms. The van der Waals surface area contributed by atoms with Gasteiger partial charge in [-0.1, -0.05) is 162 Å². The van der Waals surface area contributed by atoms with Gasteiger partial charge in [0.25, 0.3) is 0 Å². The molecule has 13 aromatic rings. The molecule has 2 heterocycles. The summed E-state index contributed by atoms with van der Waals surface area (Å²) in [5.41, 5.74) is 12.7. The maximum absolute atomic E-state index is 15.3. The molecular weight excluding hydrogens is 1030 g/mol. The van der Waals surface area contributed by atoms with Gasteiger partial charge in [-0.05, 0) is 163 Å². The lowest BCUT2D eigenvalue weighted by Crippen LogP contribution is -2.14. The first-order chi connectivity index (χ1) is 39.5. The minimum absolute atomic E-state index is 0.156. The molecule has 0 radical (unpaired) electrons. The number of halogens is 6. The Bertz CT molecular complexity index is 4560. The molecule has 2 aromatic heterocycles. The molecule has 11 aromatic carbocycles. The van der Waals surface area contributed by atoms with E-state index in [-0.39, 0.29) is 16.7 Å². The fourth-order valence-electron chi connectivity index (χ4n) is 12.1. The molecule has 0 atom stereocenters. The average Bonchev–Trinajstić information content (AvgIpc) is 3.49. The zero-order valence-electron chi connectivity index (χ0n) is 45.0. The molecule has 0 N–H and O–H groups in total. The zero-order valence-corrected chi connectivity index (χ0v) is 45.0. The van der Waals surface area contributed by atoms with Crippen molar-refractivity contribution >= 4 is 43.6 Å². The Kier molecular flexibility index (Phi) is 12.4. The van der Waals surface area contributed by atoms with Crippen LogP contribution < -0.4 is 0 Å². The van der Waals surface area contributed by atoms with Gasteiger partial charge < -0.3 is 9.13 Å². The normalized spacial score (nSPS) is 12.0. The van der Waals surface area contributed by atoms with Crippen molar-refractivity contribution < 1.29 is 26.3 Å². The Morgan fingerprint density at radius 2 is 0.646 bits per heavy atom. The summed E-state index contributed by atoms with van der Waals surface area (Å²) in [7, 11) is 0. The van der Waals surface area contributed by atoms with Crippen molar-refractivity contribution in [2.24, 2.45) is 0 Å². The number of fused-ring (bicyclic) bond motifs is 6. The summed E-state index contributed by atoms with van der Waals surface area (Å²) >= 11 is 0. The number of benzene rings is 11. The van der Waals surface area contributed by atoms with Gasteiger partial charge in [-0.3, -0.25) is 0 Å². The predicted molar refractivity (Wildman–Crippen MR) is 321 cm³/mol. The van der Waals surface area contributed by atoms with Crippen LogP contribution >= 0.6 is 0 Å². The van der Waals surface area contributed by atoms with E-state index in [1.54, 1.807) is 18.2 Å². The van der Waals surface area contributed by atoms with E-state index in [9.17, 15) is 5.26 Å². The van der Waals surface area contributed by atoms with Crippen LogP contribution in [0.5, 0.6) is 0 Å². The van der Waals surface area contributed by atoms with Crippen LogP contribution in [-0.4, -0.2) is 9.13 Å². The van der Waals surface area contributed by atoms with Gasteiger partial charge in [0.05, 0.1) is 56.2 Å². The van der Waals surface area contributed by atoms with E-state index >= 15 is 26.3 Å². The minimum Gasteiger partial charge on any atom is -0.309 e. The van der Waals surface area contributed by atoms with E-state index in [0.29, 0.717) is 29.1 Å². The Hall–Kier alpha value is -9.91. The number of nitrogens with zero attached hydrogens (tertiary/aromatic N) is 3. The minimum atomic E-state index is -5.17. The van der Waals surface area contributed by atoms with E-state index < -0.39 is 29.0 Å². The topological polar surface area (TPSA) is 33.6 Å². The van der Waals surface area contributed by atoms with Crippen molar-refractivity contribution in [2.45, 2.75) is 40.0 Å². The number of aryl methyl sites for hydroxylation is 4. The lowest BCUT2D eigenvalue weighted by Gasteiger charge is -2.23. The molecular formula is C73H49F6N3. The molecule has 0 saturated heterocycles. The number of rotatable bonds is 8. The first kappa shape index (κ1) is 51.5. The van der Waals surface area contributed by atoms with E-state index in [2.05, 4.69) is 95.6 Å². The molecule has 0 bridgehead atoms. The van der Waals surface area contributed by atoms with E-state index in [1.165, 1.54) is 12.1 Å². The summed E-state index contributed by atoms with van der Waals surface area (Å²) in [5.74, 6) is 0. The smallest absolute Gasteiger partial charge is 0.309 e. The molecule has 0 amide bonds. The highest BCUT2D eigenvalue weighted by Gasteiger charge is 2.41. The second kappa shape index (κ2) is 19.7. The van der Waals surface area contributed by atoms with Crippen LogP contribution in [0.1, 0.15) is 38.9 Å². The van der Waals surface area contributed by atoms with Crippen molar-refractivity contribution in [2.75, 3.05) is 0 Å². The molecule has 0 unspecified atom stereocenters. The number of aromatic nitrogens is 2. The van der Waals surface area contributed by atoms with Gasteiger partial charge in [0.15, 0.2) is 0 Å². The standard InChI is InChI=1S/C73H49F6N3/c1-43-11-5-15-47(33-43)51-23-28-64-57(37-51)58-38-52(48-16-6-12-44(2)34-48)24-29-65(58)81(64)68-32-27-55(71-62(72(74,75)76)20-10-21-63(71)73(77,78)79)41-61(68)70-56(42-80)19-9-22-69(70)82-66-30-25-53(49-17-7-13-45(3)35-49)39-59(66)60-40-54(26-31-67(60)82)50-18-8-14-46(4)36-50/h5-41H,1-4H3. The molecule has 0 fully saturated rings. The molecule has 13 rings (SSSR count). The molecule has 9 heteroatoms. The third kappa shape index (κ3) is 8.97. The summed E-state index contributed by atoms with van der Waals surface area (Å²) in [4.78, 5) is 0. The van der Waals surface area contributed by atoms with Gasteiger partial charge in [0.1, 0.15) is 0 Å².